The first kappa shape index (κ1) is 22.4. The zero-order valence-corrected chi connectivity index (χ0v) is 17.9. The first-order valence-corrected chi connectivity index (χ1v) is 10.4. The van der Waals surface area contributed by atoms with E-state index in [1.807, 2.05) is 31.2 Å². The quantitative estimate of drug-likeness (QED) is 0.442. The molecule has 3 aromatic rings. The number of nitrogens with zero attached hydrogens (tertiary/aromatic N) is 2. The zero-order valence-electron chi connectivity index (χ0n) is 17.1. The van der Waals surface area contributed by atoms with E-state index in [0.29, 0.717) is 17.0 Å². The maximum absolute atomic E-state index is 10.7. The monoisotopic (exact) mass is 454 g/mol. The van der Waals surface area contributed by atoms with Crippen molar-refractivity contribution in [2.45, 2.75) is 37.6 Å². The Morgan fingerprint density at radius 3 is 2.41 bits per heavy atom. The number of pyridine rings is 1. The van der Waals surface area contributed by atoms with E-state index in [-0.39, 0.29) is 10.2 Å². The summed E-state index contributed by atoms with van der Waals surface area (Å²) in [6, 6.07) is 14.7. The lowest BCUT2D eigenvalue weighted by atomic mass is 9.96. The second-order valence-electron chi connectivity index (χ2n) is 7.67. The summed E-state index contributed by atoms with van der Waals surface area (Å²) < 4.78 is 12.8. The van der Waals surface area contributed by atoms with Crippen LogP contribution in [-0.2, 0) is 4.74 Å². The fourth-order valence-corrected chi connectivity index (χ4v) is 4.21. The lowest BCUT2D eigenvalue weighted by molar-refractivity contribution is -0.251. The predicted molar refractivity (Wildman–Crippen MR) is 117 cm³/mol. The molecule has 0 saturated carbocycles. The number of nitriles is 1. The maximum atomic E-state index is 10.7. The predicted octanol–water partition coefficient (Wildman–Crippen LogP) is 2.30. The highest BCUT2D eigenvalue weighted by Crippen LogP contribution is 2.37. The van der Waals surface area contributed by atoms with E-state index < -0.39 is 37.3 Å². The number of aryl methyl sites for hydroxylation is 1. The molecule has 5 atom stereocenters. The summed E-state index contributed by atoms with van der Waals surface area (Å²) in [7, 11) is 0. The SMILES string of the molecule is Cc1ccc(-c2cc(-c3ccco3)c(C#N)c(=S)n2[C@@H]2O[C@@H](CO)[C@@H](O)[C@@H](O)[C@H]2O)cc1. The lowest BCUT2D eigenvalue weighted by Crippen LogP contribution is -2.56. The van der Waals surface area contributed by atoms with Gasteiger partial charge in [-0.25, -0.2) is 0 Å². The number of aliphatic hydroxyl groups is 4. The standard InChI is InChI=1S/C23H22N2O6S/c1-12-4-6-13(7-5-12)16-9-14(17-3-2-8-30-17)15(10-24)23(32)25(16)22-21(29)20(28)19(27)18(11-26)31-22/h2-9,18-22,26-29H,11H2,1H3/t18-,19+,20+,21+,22+/m0/s1. The molecule has 1 saturated heterocycles. The molecule has 0 amide bonds. The summed E-state index contributed by atoms with van der Waals surface area (Å²) in [6.07, 6.45) is -5.56. The normalized spacial score (nSPS) is 25.4. The number of furan rings is 1. The van der Waals surface area contributed by atoms with Crippen molar-refractivity contribution >= 4 is 12.2 Å². The molecule has 0 unspecified atom stereocenters. The number of ether oxygens (including phenoxy) is 1. The Labute approximate surface area is 189 Å². The molecule has 4 N–H and O–H groups in total. The number of rotatable bonds is 4. The molecule has 0 aliphatic carbocycles. The maximum Gasteiger partial charge on any atom is 0.164 e. The third-order valence-corrected chi connectivity index (χ3v) is 6.01. The lowest BCUT2D eigenvalue weighted by Gasteiger charge is -2.41. The third-order valence-electron chi connectivity index (χ3n) is 5.61. The van der Waals surface area contributed by atoms with Crippen LogP contribution in [0.5, 0.6) is 0 Å². The third kappa shape index (κ3) is 3.78. The summed E-state index contributed by atoms with van der Waals surface area (Å²) in [5, 5.41) is 50.7. The fraction of sp³-hybridized carbons (Fsp3) is 0.304. The molecule has 1 fully saturated rings. The second kappa shape index (κ2) is 8.96. The van der Waals surface area contributed by atoms with E-state index in [4.69, 9.17) is 21.4 Å². The molecular weight excluding hydrogens is 432 g/mol. The van der Waals surface area contributed by atoms with Crippen LogP contribution < -0.4 is 0 Å². The molecule has 2 aromatic heterocycles. The number of hydrogen-bond donors (Lipinski definition) is 4. The first-order chi connectivity index (χ1) is 15.4. The Bertz CT molecular complexity index is 1200. The Morgan fingerprint density at radius 2 is 1.81 bits per heavy atom. The van der Waals surface area contributed by atoms with E-state index in [9.17, 15) is 25.7 Å². The van der Waals surface area contributed by atoms with E-state index in [0.717, 1.165) is 11.1 Å². The van der Waals surface area contributed by atoms with Crippen molar-refractivity contribution in [3.63, 3.8) is 0 Å². The second-order valence-corrected chi connectivity index (χ2v) is 8.05. The van der Waals surface area contributed by atoms with Crippen LogP contribution in [0.2, 0.25) is 0 Å². The average Bonchev–Trinajstić information content (AvgIpc) is 3.33. The minimum atomic E-state index is -1.59. The van der Waals surface area contributed by atoms with Gasteiger partial charge in [-0.15, -0.1) is 0 Å². The highest BCUT2D eigenvalue weighted by atomic mass is 32.1. The number of hydrogen-bond acceptors (Lipinski definition) is 8. The minimum Gasteiger partial charge on any atom is -0.464 e. The Morgan fingerprint density at radius 1 is 1.09 bits per heavy atom. The van der Waals surface area contributed by atoms with Crippen LogP contribution in [0.3, 0.4) is 0 Å². The summed E-state index contributed by atoms with van der Waals surface area (Å²) in [5.74, 6) is 0.446. The van der Waals surface area contributed by atoms with Crippen LogP contribution in [0.4, 0.5) is 0 Å². The largest absolute Gasteiger partial charge is 0.464 e. The van der Waals surface area contributed by atoms with Gasteiger partial charge in [0.25, 0.3) is 0 Å². The average molecular weight is 455 g/mol. The van der Waals surface area contributed by atoms with Gasteiger partial charge in [0.15, 0.2) is 6.23 Å². The molecule has 0 bridgehead atoms. The molecule has 0 spiro atoms. The molecule has 32 heavy (non-hydrogen) atoms. The highest BCUT2D eigenvalue weighted by molar-refractivity contribution is 7.71. The van der Waals surface area contributed by atoms with Gasteiger partial charge in [0.1, 0.15) is 40.9 Å². The van der Waals surface area contributed by atoms with Gasteiger partial charge in [0.2, 0.25) is 0 Å². The van der Waals surface area contributed by atoms with E-state index in [1.165, 1.54) is 10.8 Å². The van der Waals surface area contributed by atoms with Crippen LogP contribution in [-0.4, -0.2) is 56.0 Å². The van der Waals surface area contributed by atoms with E-state index in [1.54, 1.807) is 18.2 Å². The molecule has 9 heteroatoms. The Hall–Kier alpha value is -2.84. The molecule has 4 rings (SSSR count). The topological polar surface area (TPSA) is 132 Å². The molecule has 0 radical (unpaired) electrons. The van der Waals surface area contributed by atoms with Gasteiger partial charge in [0, 0.05) is 5.56 Å². The molecular formula is C23H22N2O6S. The van der Waals surface area contributed by atoms with Gasteiger partial charge in [-0.2, -0.15) is 5.26 Å². The fourth-order valence-electron chi connectivity index (χ4n) is 3.85. The van der Waals surface area contributed by atoms with Crippen LogP contribution in [0.15, 0.2) is 53.1 Å². The van der Waals surface area contributed by atoms with Gasteiger partial charge < -0.3 is 34.1 Å². The summed E-state index contributed by atoms with van der Waals surface area (Å²) >= 11 is 5.64. The number of aliphatic hydroxyl groups excluding tert-OH is 4. The van der Waals surface area contributed by atoms with Crippen LogP contribution in [0, 0.1) is 22.9 Å². The van der Waals surface area contributed by atoms with Gasteiger partial charge in [0.05, 0.1) is 24.1 Å². The van der Waals surface area contributed by atoms with Crippen LogP contribution in [0.25, 0.3) is 22.6 Å². The van der Waals surface area contributed by atoms with Gasteiger partial charge in [-0.3, -0.25) is 0 Å². The number of aromatic nitrogens is 1. The van der Waals surface area contributed by atoms with Gasteiger partial charge >= 0.3 is 0 Å². The Kier molecular flexibility index (Phi) is 6.26. The van der Waals surface area contributed by atoms with Crippen molar-refractivity contribution in [3.8, 4) is 28.7 Å². The molecule has 1 aromatic carbocycles. The van der Waals surface area contributed by atoms with Crippen molar-refractivity contribution in [3.05, 3.63) is 64.5 Å². The summed E-state index contributed by atoms with van der Waals surface area (Å²) in [5.41, 5.74) is 2.86. The van der Waals surface area contributed by atoms with Crippen molar-refractivity contribution in [2.24, 2.45) is 0 Å². The smallest absolute Gasteiger partial charge is 0.164 e. The molecule has 3 heterocycles. The molecule has 1 aliphatic heterocycles. The Balaban J connectivity index is 2.00. The van der Waals surface area contributed by atoms with Crippen LogP contribution >= 0.6 is 12.2 Å². The number of benzene rings is 1. The molecule has 1 aliphatic rings. The van der Waals surface area contributed by atoms with Crippen LogP contribution in [0.1, 0.15) is 17.4 Å². The van der Waals surface area contributed by atoms with E-state index >= 15 is 0 Å². The first-order valence-electron chi connectivity index (χ1n) is 9.98. The summed E-state index contributed by atoms with van der Waals surface area (Å²) in [4.78, 5) is 0. The minimum absolute atomic E-state index is 0.0568. The van der Waals surface area contributed by atoms with E-state index in [2.05, 4.69) is 6.07 Å². The zero-order chi connectivity index (χ0) is 23.0. The van der Waals surface area contributed by atoms with Gasteiger partial charge in [-0.1, -0.05) is 42.0 Å². The molecule has 8 nitrogen and oxygen atoms in total. The van der Waals surface area contributed by atoms with Crippen molar-refractivity contribution < 1.29 is 29.6 Å². The summed E-state index contributed by atoms with van der Waals surface area (Å²) in [6.45, 7) is 1.37. The molecule has 166 valence electrons. The van der Waals surface area contributed by atoms with Gasteiger partial charge in [-0.05, 0) is 30.7 Å². The van der Waals surface area contributed by atoms with Crippen molar-refractivity contribution in [2.75, 3.05) is 6.61 Å². The van der Waals surface area contributed by atoms with Crippen molar-refractivity contribution in [1.82, 2.24) is 4.57 Å². The van der Waals surface area contributed by atoms with Crippen molar-refractivity contribution in [1.29, 1.82) is 5.26 Å². The highest BCUT2D eigenvalue weighted by Gasteiger charge is 2.45.